The van der Waals surface area contributed by atoms with Crippen LogP contribution in [0.3, 0.4) is 0 Å². The monoisotopic (exact) mass is 320 g/mol. The zero-order chi connectivity index (χ0) is 16.8. The van der Waals surface area contributed by atoms with Crippen LogP contribution in [0.1, 0.15) is 35.7 Å². The van der Waals surface area contributed by atoms with Crippen LogP contribution in [0.2, 0.25) is 0 Å². The molecule has 128 valence electrons. The predicted molar refractivity (Wildman–Crippen MR) is 91.5 cm³/mol. The van der Waals surface area contributed by atoms with Crippen molar-refractivity contribution in [2.75, 3.05) is 40.4 Å². The van der Waals surface area contributed by atoms with Crippen LogP contribution in [-0.2, 0) is 0 Å². The van der Waals surface area contributed by atoms with Crippen molar-refractivity contribution in [2.45, 2.75) is 26.7 Å². The van der Waals surface area contributed by atoms with Crippen LogP contribution in [-0.4, -0.2) is 51.2 Å². The summed E-state index contributed by atoms with van der Waals surface area (Å²) in [4.78, 5) is 14.8. The molecule has 0 aromatic heterocycles. The normalized spacial score (nSPS) is 15.6. The Kier molecular flexibility index (Phi) is 6.28. The lowest BCUT2D eigenvalue weighted by molar-refractivity contribution is 0.0689. The van der Waals surface area contributed by atoms with E-state index < -0.39 is 0 Å². The number of carbonyl (C=O) groups is 1. The maximum Gasteiger partial charge on any atom is 0.254 e. The Balaban J connectivity index is 2.06. The topological polar surface area (TPSA) is 50.8 Å². The fourth-order valence-electron chi connectivity index (χ4n) is 3.07. The number of likely N-dealkylation sites (tertiary alicyclic amines) is 1. The number of benzene rings is 1. The molecule has 0 aliphatic carbocycles. The van der Waals surface area contributed by atoms with E-state index in [-0.39, 0.29) is 5.91 Å². The fraction of sp³-hybridized carbons (Fsp3) is 0.611. The zero-order valence-electron chi connectivity index (χ0n) is 14.6. The van der Waals surface area contributed by atoms with Crippen LogP contribution >= 0.6 is 0 Å². The fourth-order valence-corrected chi connectivity index (χ4v) is 3.07. The Hall–Kier alpha value is -1.75. The van der Waals surface area contributed by atoms with Gasteiger partial charge in [-0.1, -0.05) is 6.92 Å². The number of nitrogens with zero attached hydrogens (tertiary/aromatic N) is 1. The van der Waals surface area contributed by atoms with Crippen molar-refractivity contribution in [3.63, 3.8) is 0 Å². The highest BCUT2D eigenvalue weighted by atomic mass is 16.5. The summed E-state index contributed by atoms with van der Waals surface area (Å²) in [5.74, 6) is 2.02. The molecule has 1 N–H and O–H groups in total. The van der Waals surface area contributed by atoms with Gasteiger partial charge in [-0.15, -0.1) is 0 Å². The summed E-state index contributed by atoms with van der Waals surface area (Å²) in [6.07, 6.45) is 2.12. The molecule has 0 radical (unpaired) electrons. The first kappa shape index (κ1) is 17.6. The lowest BCUT2D eigenvalue weighted by Crippen LogP contribution is -2.41. The SMILES string of the molecule is CCNCC1CCN(C(=O)c2cc(OC)c(OC)cc2C)CC1. The van der Waals surface area contributed by atoms with Gasteiger partial charge in [-0.25, -0.2) is 0 Å². The number of hydrogen-bond acceptors (Lipinski definition) is 4. The Bertz CT molecular complexity index is 537. The minimum absolute atomic E-state index is 0.0883. The van der Waals surface area contributed by atoms with E-state index in [4.69, 9.17) is 9.47 Å². The van der Waals surface area contributed by atoms with Gasteiger partial charge in [0.05, 0.1) is 14.2 Å². The molecular formula is C18H28N2O3. The van der Waals surface area contributed by atoms with Crippen LogP contribution < -0.4 is 14.8 Å². The van der Waals surface area contributed by atoms with Crippen molar-refractivity contribution in [2.24, 2.45) is 5.92 Å². The average molecular weight is 320 g/mol. The molecule has 1 fully saturated rings. The second kappa shape index (κ2) is 8.20. The molecule has 1 amide bonds. The Morgan fingerprint density at radius 1 is 1.22 bits per heavy atom. The summed E-state index contributed by atoms with van der Waals surface area (Å²) in [6.45, 7) is 7.76. The van der Waals surface area contributed by atoms with Gasteiger partial charge in [-0.2, -0.15) is 0 Å². The van der Waals surface area contributed by atoms with Crippen molar-refractivity contribution in [3.05, 3.63) is 23.3 Å². The summed E-state index contributed by atoms with van der Waals surface area (Å²) in [5, 5.41) is 3.40. The van der Waals surface area contributed by atoms with E-state index >= 15 is 0 Å². The number of amides is 1. The van der Waals surface area contributed by atoms with Crippen molar-refractivity contribution in [3.8, 4) is 11.5 Å². The van der Waals surface area contributed by atoms with Gasteiger partial charge in [0.25, 0.3) is 5.91 Å². The van der Waals surface area contributed by atoms with Gasteiger partial charge >= 0.3 is 0 Å². The summed E-state index contributed by atoms with van der Waals surface area (Å²) >= 11 is 0. The lowest BCUT2D eigenvalue weighted by Gasteiger charge is -2.32. The molecule has 0 bridgehead atoms. The number of ether oxygens (including phenoxy) is 2. The van der Waals surface area contributed by atoms with Gasteiger partial charge in [-0.3, -0.25) is 4.79 Å². The Morgan fingerprint density at radius 2 is 1.83 bits per heavy atom. The third kappa shape index (κ3) is 4.16. The van der Waals surface area contributed by atoms with Crippen LogP contribution in [0, 0.1) is 12.8 Å². The second-order valence-corrected chi connectivity index (χ2v) is 6.07. The van der Waals surface area contributed by atoms with Crippen molar-refractivity contribution in [1.29, 1.82) is 0 Å². The third-order valence-corrected chi connectivity index (χ3v) is 4.55. The van der Waals surface area contributed by atoms with E-state index in [0.717, 1.165) is 44.6 Å². The highest BCUT2D eigenvalue weighted by Crippen LogP contribution is 2.31. The molecule has 0 atom stereocenters. The third-order valence-electron chi connectivity index (χ3n) is 4.55. The van der Waals surface area contributed by atoms with Gasteiger partial charge in [0.2, 0.25) is 0 Å². The Morgan fingerprint density at radius 3 is 2.39 bits per heavy atom. The quantitative estimate of drug-likeness (QED) is 0.875. The van der Waals surface area contributed by atoms with Crippen LogP contribution in [0.5, 0.6) is 11.5 Å². The first-order valence-corrected chi connectivity index (χ1v) is 8.33. The zero-order valence-corrected chi connectivity index (χ0v) is 14.6. The van der Waals surface area contributed by atoms with Crippen LogP contribution in [0.15, 0.2) is 12.1 Å². The van der Waals surface area contributed by atoms with Gasteiger partial charge in [-0.05, 0) is 56.5 Å². The number of carbonyl (C=O) groups excluding carboxylic acids is 1. The molecule has 1 saturated heterocycles. The maximum absolute atomic E-state index is 12.8. The van der Waals surface area contributed by atoms with Crippen LogP contribution in [0.4, 0.5) is 0 Å². The van der Waals surface area contributed by atoms with Crippen molar-refractivity contribution >= 4 is 5.91 Å². The van der Waals surface area contributed by atoms with E-state index in [2.05, 4.69) is 12.2 Å². The number of aryl methyl sites for hydroxylation is 1. The van der Waals surface area contributed by atoms with E-state index in [1.165, 1.54) is 0 Å². The first-order chi connectivity index (χ1) is 11.1. The van der Waals surface area contributed by atoms with Gasteiger partial charge < -0.3 is 19.7 Å². The molecular weight excluding hydrogens is 292 g/mol. The number of piperidine rings is 1. The molecule has 0 spiro atoms. The molecule has 1 aliphatic rings. The number of nitrogens with one attached hydrogen (secondary N) is 1. The van der Waals surface area contributed by atoms with E-state index in [0.29, 0.717) is 23.0 Å². The molecule has 1 heterocycles. The van der Waals surface area contributed by atoms with Crippen LogP contribution in [0.25, 0.3) is 0 Å². The largest absolute Gasteiger partial charge is 0.493 e. The van der Waals surface area contributed by atoms with Gasteiger partial charge in [0, 0.05) is 18.7 Å². The molecule has 0 unspecified atom stereocenters. The van der Waals surface area contributed by atoms with E-state index in [1.807, 2.05) is 17.9 Å². The number of rotatable bonds is 6. The molecule has 2 rings (SSSR count). The minimum atomic E-state index is 0.0883. The summed E-state index contributed by atoms with van der Waals surface area (Å²) in [6, 6.07) is 3.66. The van der Waals surface area contributed by atoms with E-state index in [1.54, 1.807) is 20.3 Å². The average Bonchev–Trinajstić information content (AvgIpc) is 2.59. The number of hydrogen-bond donors (Lipinski definition) is 1. The molecule has 5 heteroatoms. The summed E-state index contributed by atoms with van der Waals surface area (Å²) < 4.78 is 10.6. The van der Waals surface area contributed by atoms with Crippen molar-refractivity contribution < 1.29 is 14.3 Å². The minimum Gasteiger partial charge on any atom is -0.493 e. The lowest BCUT2D eigenvalue weighted by atomic mass is 9.95. The standard InChI is InChI=1S/C18H28N2O3/c1-5-19-12-14-6-8-20(9-7-14)18(21)15-11-17(23-4)16(22-3)10-13(15)2/h10-11,14,19H,5-9,12H2,1-4H3. The second-order valence-electron chi connectivity index (χ2n) is 6.07. The molecule has 0 saturated carbocycles. The highest BCUT2D eigenvalue weighted by Gasteiger charge is 2.25. The first-order valence-electron chi connectivity index (χ1n) is 8.33. The molecule has 1 aliphatic heterocycles. The van der Waals surface area contributed by atoms with Gasteiger partial charge in [0.15, 0.2) is 11.5 Å². The molecule has 23 heavy (non-hydrogen) atoms. The number of methoxy groups -OCH3 is 2. The molecule has 1 aromatic carbocycles. The molecule has 5 nitrogen and oxygen atoms in total. The van der Waals surface area contributed by atoms with Crippen molar-refractivity contribution in [1.82, 2.24) is 10.2 Å². The smallest absolute Gasteiger partial charge is 0.254 e. The maximum atomic E-state index is 12.8. The Labute approximate surface area is 139 Å². The van der Waals surface area contributed by atoms with Gasteiger partial charge in [0.1, 0.15) is 0 Å². The summed E-state index contributed by atoms with van der Waals surface area (Å²) in [5.41, 5.74) is 1.62. The van der Waals surface area contributed by atoms with E-state index in [9.17, 15) is 4.79 Å². The summed E-state index contributed by atoms with van der Waals surface area (Å²) in [7, 11) is 3.20. The highest BCUT2D eigenvalue weighted by molar-refractivity contribution is 5.96. The molecule has 1 aromatic rings. The predicted octanol–water partition coefficient (Wildman–Crippen LogP) is 2.47.